The lowest BCUT2D eigenvalue weighted by Gasteiger charge is -2.29. The maximum Gasteiger partial charge on any atom is 0.138 e. The second-order valence-corrected chi connectivity index (χ2v) is 6.31. The van der Waals surface area contributed by atoms with E-state index in [1.165, 1.54) is 37.7 Å². The summed E-state index contributed by atoms with van der Waals surface area (Å²) < 4.78 is 7.48. The van der Waals surface area contributed by atoms with Gasteiger partial charge >= 0.3 is 0 Å². The Morgan fingerprint density at radius 1 is 1.22 bits per heavy atom. The van der Waals surface area contributed by atoms with Gasteiger partial charge in [-0.15, -0.1) is 0 Å². The van der Waals surface area contributed by atoms with Gasteiger partial charge in [0, 0.05) is 20.2 Å². The summed E-state index contributed by atoms with van der Waals surface area (Å²) >= 11 is 0. The van der Waals surface area contributed by atoms with E-state index in [2.05, 4.69) is 39.7 Å². The molecule has 0 radical (unpaired) electrons. The van der Waals surface area contributed by atoms with Crippen LogP contribution < -0.4 is 5.32 Å². The topological polar surface area (TPSA) is 52.0 Å². The molecule has 124 valence electrons. The Kier molecular flexibility index (Phi) is 5.77. The molecule has 1 fully saturated rings. The van der Waals surface area contributed by atoms with Crippen molar-refractivity contribution in [3.8, 4) is 5.69 Å². The molecular weight excluding hydrogens is 288 g/mol. The highest BCUT2D eigenvalue weighted by Crippen LogP contribution is 2.27. The normalized spacial score (nSPS) is 17.3. The molecule has 0 aliphatic heterocycles. The molecule has 5 nitrogen and oxygen atoms in total. The van der Waals surface area contributed by atoms with Crippen molar-refractivity contribution in [2.75, 3.05) is 13.7 Å². The lowest BCUT2D eigenvalue weighted by Crippen LogP contribution is -2.35. The number of hydrogen-bond acceptors (Lipinski definition) is 4. The Bertz CT molecular complexity index is 561. The Morgan fingerprint density at radius 3 is 2.65 bits per heavy atom. The monoisotopic (exact) mass is 314 g/mol. The van der Waals surface area contributed by atoms with Gasteiger partial charge in [0.05, 0.1) is 11.8 Å². The second-order valence-electron chi connectivity index (χ2n) is 6.31. The van der Waals surface area contributed by atoms with Crippen molar-refractivity contribution in [2.45, 2.75) is 44.8 Å². The van der Waals surface area contributed by atoms with Crippen LogP contribution in [0.3, 0.4) is 0 Å². The molecule has 0 bridgehead atoms. The first-order chi connectivity index (χ1) is 11.4. The third-order valence-corrected chi connectivity index (χ3v) is 4.77. The van der Waals surface area contributed by atoms with Gasteiger partial charge in [0.2, 0.25) is 0 Å². The SMILES string of the molecule is COC(CNCc1ccc(-n2cncn2)cc1)C1CCCCC1. The highest BCUT2D eigenvalue weighted by atomic mass is 16.5. The molecule has 23 heavy (non-hydrogen) atoms. The first-order valence-corrected chi connectivity index (χ1v) is 8.54. The van der Waals surface area contributed by atoms with E-state index in [-0.39, 0.29) is 0 Å². The van der Waals surface area contributed by atoms with Gasteiger partial charge in [-0.25, -0.2) is 9.67 Å². The average molecular weight is 314 g/mol. The molecule has 1 saturated carbocycles. The zero-order valence-electron chi connectivity index (χ0n) is 13.8. The molecule has 5 heteroatoms. The number of ether oxygens (including phenoxy) is 1. The molecule has 0 saturated heterocycles. The Labute approximate surface area is 138 Å². The van der Waals surface area contributed by atoms with Gasteiger partial charge < -0.3 is 10.1 Å². The third-order valence-electron chi connectivity index (χ3n) is 4.77. The fraction of sp³-hybridized carbons (Fsp3) is 0.556. The molecule has 1 aromatic heterocycles. The fourth-order valence-corrected chi connectivity index (χ4v) is 3.42. The van der Waals surface area contributed by atoms with Crippen LogP contribution >= 0.6 is 0 Å². The van der Waals surface area contributed by atoms with E-state index in [0.717, 1.165) is 24.7 Å². The van der Waals surface area contributed by atoms with Crippen molar-refractivity contribution in [3.05, 3.63) is 42.5 Å². The Hall–Kier alpha value is -1.72. The lowest BCUT2D eigenvalue weighted by atomic mass is 9.85. The van der Waals surface area contributed by atoms with E-state index in [9.17, 15) is 0 Å². The summed E-state index contributed by atoms with van der Waals surface area (Å²) in [5, 5.41) is 7.68. The van der Waals surface area contributed by atoms with Crippen LogP contribution in [0.25, 0.3) is 5.69 Å². The predicted molar refractivity (Wildman–Crippen MR) is 90.4 cm³/mol. The van der Waals surface area contributed by atoms with Gasteiger partial charge in [-0.1, -0.05) is 31.4 Å². The Balaban J connectivity index is 1.47. The van der Waals surface area contributed by atoms with E-state index in [1.54, 1.807) is 17.3 Å². The first-order valence-electron chi connectivity index (χ1n) is 8.54. The van der Waals surface area contributed by atoms with Crippen molar-refractivity contribution in [3.63, 3.8) is 0 Å². The van der Waals surface area contributed by atoms with E-state index >= 15 is 0 Å². The largest absolute Gasteiger partial charge is 0.380 e. The maximum absolute atomic E-state index is 5.71. The second kappa shape index (κ2) is 8.22. The number of nitrogens with one attached hydrogen (secondary N) is 1. The van der Waals surface area contributed by atoms with Crippen LogP contribution in [-0.2, 0) is 11.3 Å². The molecule has 1 unspecified atom stereocenters. The van der Waals surface area contributed by atoms with Gasteiger partial charge in [0.25, 0.3) is 0 Å². The quantitative estimate of drug-likeness (QED) is 0.853. The first kappa shape index (κ1) is 16.1. The van der Waals surface area contributed by atoms with Gasteiger partial charge in [0.15, 0.2) is 0 Å². The van der Waals surface area contributed by atoms with Crippen LogP contribution in [-0.4, -0.2) is 34.5 Å². The molecule has 0 spiro atoms. The predicted octanol–water partition coefficient (Wildman–Crippen LogP) is 2.95. The third kappa shape index (κ3) is 4.39. The van der Waals surface area contributed by atoms with Crippen molar-refractivity contribution in [2.24, 2.45) is 5.92 Å². The minimum atomic E-state index is 0.338. The average Bonchev–Trinajstić information content (AvgIpc) is 3.15. The van der Waals surface area contributed by atoms with Crippen molar-refractivity contribution in [1.82, 2.24) is 20.1 Å². The molecule has 1 aliphatic rings. The standard InChI is InChI=1S/C18H26N4O/c1-23-18(16-5-3-2-4-6-16)12-19-11-15-7-9-17(10-8-15)22-14-20-13-21-22/h7-10,13-14,16,18-19H,2-6,11-12H2,1H3. The summed E-state index contributed by atoms with van der Waals surface area (Å²) in [6.07, 6.45) is 10.3. The van der Waals surface area contributed by atoms with Gasteiger partial charge in [-0.05, 0) is 36.5 Å². The fourth-order valence-electron chi connectivity index (χ4n) is 3.42. The number of nitrogens with zero attached hydrogens (tertiary/aromatic N) is 3. The summed E-state index contributed by atoms with van der Waals surface area (Å²) in [4.78, 5) is 3.97. The minimum Gasteiger partial charge on any atom is -0.380 e. The molecule has 2 aromatic rings. The van der Waals surface area contributed by atoms with E-state index in [1.807, 2.05) is 7.11 Å². The summed E-state index contributed by atoms with van der Waals surface area (Å²) in [5.41, 5.74) is 2.30. The van der Waals surface area contributed by atoms with Crippen LogP contribution in [0.15, 0.2) is 36.9 Å². The van der Waals surface area contributed by atoms with Crippen molar-refractivity contribution < 1.29 is 4.74 Å². The number of hydrogen-bond donors (Lipinski definition) is 1. The number of methoxy groups -OCH3 is 1. The van der Waals surface area contributed by atoms with Crippen LogP contribution in [0.4, 0.5) is 0 Å². The van der Waals surface area contributed by atoms with Gasteiger partial charge in [-0.3, -0.25) is 0 Å². The minimum absolute atomic E-state index is 0.338. The van der Waals surface area contributed by atoms with Crippen LogP contribution in [0.2, 0.25) is 0 Å². The van der Waals surface area contributed by atoms with E-state index in [0.29, 0.717) is 6.10 Å². The number of rotatable bonds is 7. The molecular formula is C18H26N4O. The summed E-state index contributed by atoms with van der Waals surface area (Å²) in [6, 6.07) is 8.40. The molecule has 1 heterocycles. The van der Waals surface area contributed by atoms with E-state index < -0.39 is 0 Å². The van der Waals surface area contributed by atoms with Crippen LogP contribution in [0.1, 0.15) is 37.7 Å². The highest BCUT2D eigenvalue weighted by molar-refractivity contribution is 5.33. The Morgan fingerprint density at radius 2 is 2.00 bits per heavy atom. The lowest BCUT2D eigenvalue weighted by molar-refractivity contribution is 0.0366. The van der Waals surface area contributed by atoms with Gasteiger partial charge in [0.1, 0.15) is 12.7 Å². The molecule has 1 N–H and O–H groups in total. The highest BCUT2D eigenvalue weighted by Gasteiger charge is 2.22. The molecule has 3 rings (SSSR count). The zero-order valence-corrected chi connectivity index (χ0v) is 13.8. The summed E-state index contributed by atoms with van der Waals surface area (Å²) in [5.74, 6) is 0.718. The number of benzene rings is 1. The summed E-state index contributed by atoms with van der Waals surface area (Å²) in [7, 11) is 1.84. The smallest absolute Gasteiger partial charge is 0.138 e. The van der Waals surface area contributed by atoms with Crippen LogP contribution in [0.5, 0.6) is 0 Å². The number of aromatic nitrogens is 3. The zero-order chi connectivity index (χ0) is 15.9. The van der Waals surface area contributed by atoms with Crippen molar-refractivity contribution >= 4 is 0 Å². The van der Waals surface area contributed by atoms with Crippen molar-refractivity contribution in [1.29, 1.82) is 0 Å². The molecule has 1 atom stereocenters. The van der Waals surface area contributed by atoms with E-state index in [4.69, 9.17) is 4.74 Å². The molecule has 1 aromatic carbocycles. The van der Waals surface area contributed by atoms with Crippen LogP contribution in [0, 0.1) is 5.92 Å². The summed E-state index contributed by atoms with van der Waals surface area (Å²) in [6.45, 7) is 1.79. The molecule has 0 amide bonds. The maximum atomic E-state index is 5.71. The van der Waals surface area contributed by atoms with Gasteiger partial charge in [-0.2, -0.15) is 5.10 Å². The molecule has 1 aliphatic carbocycles.